The number of nitrogens with two attached hydrogens (primary N) is 1. The van der Waals surface area contributed by atoms with Crippen molar-refractivity contribution in [3.8, 4) is 28.4 Å². The van der Waals surface area contributed by atoms with E-state index in [-0.39, 0.29) is 18.1 Å². The van der Waals surface area contributed by atoms with Crippen molar-refractivity contribution in [3.05, 3.63) is 63.4 Å². The van der Waals surface area contributed by atoms with E-state index in [9.17, 15) is 18.0 Å². The number of nitrogens with zero attached hydrogens (tertiary/aromatic N) is 2. The van der Waals surface area contributed by atoms with E-state index in [1.807, 2.05) is 0 Å². The molecule has 0 amide bonds. The minimum atomic E-state index is -4.68. The topological polar surface area (TPSA) is 91.4 Å². The molecule has 0 radical (unpaired) electrons. The van der Waals surface area contributed by atoms with Gasteiger partial charge in [0.05, 0.1) is 31.2 Å². The van der Waals surface area contributed by atoms with Gasteiger partial charge in [0.1, 0.15) is 11.5 Å². The van der Waals surface area contributed by atoms with E-state index in [1.54, 1.807) is 18.2 Å². The molecule has 1 aromatic heterocycles. The average molecular weight is 525 g/mol. The van der Waals surface area contributed by atoms with Gasteiger partial charge in [0.15, 0.2) is 0 Å². The third kappa shape index (κ3) is 5.44. The van der Waals surface area contributed by atoms with Gasteiger partial charge in [-0.05, 0) is 68.1 Å². The van der Waals surface area contributed by atoms with Gasteiger partial charge in [0.25, 0.3) is 5.56 Å². The molecule has 36 heavy (non-hydrogen) atoms. The van der Waals surface area contributed by atoms with Crippen LogP contribution in [0.25, 0.3) is 16.9 Å². The summed E-state index contributed by atoms with van der Waals surface area (Å²) in [6.45, 7) is 0.933. The number of rotatable bonds is 8. The normalized spacial score (nSPS) is 12.6. The van der Waals surface area contributed by atoms with Crippen LogP contribution in [0.3, 0.4) is 0 Å². The van der Waals surface area contributed by atoms with Gasteiger partial charge in [-0.3, -0.25) is 4.79 Å². The van der Waals surface area contributed by atoms with Gasteiger partial charge in [-0.2, -0.15) is 23.0 Å². The Morgan fingerprint density at radius 3 is 2.33 bits per heavy atom. The summed E-state index contributed by atoms with van der Waals surface area (Å²) < 4.78 is 53.6. The largest absolute Gasteiger partial charge is 0.497 e. The van der Waals surface area contributed by atoms with Gasteiger partial charge in [-0.25, -0.2) is 0 Å². The molecule has 3 N–H and O–H groups in total. The van der Waals surface area contributed by atoms with Crippen molar-refractivity contribution >= 4 is 18.1 Å². The predicted molar refractivity (Wildman–Crippen MR) is 135 cm³/mol. The summed E-state index contributed by atoms with van der Waals surface area (Å²) in [5.74, 6) is 1.01. The third-order valence-electron chi connectivity index (χ3n) is 6.02. The maximum Gasteiger partial charge on any atom is 0.418 e. The van der Waals surface area contributed by atoms with Crippen LogP contribution in [0.1, 0.15) is 29.5 Å². The fourth-order valence-corrected chi connectivity index (χ4v) is 4.31. The first-order chi connectivity index (χ1) is 16.8. The van der Waals surface area contributed by atoms with Crippen molar-refractivity contribution in [2.24, 2.45) is 5.73 Å². The Morgan fingerprint density at radius 1 is 1.06 bits per heavy atom. The van der Waals surface area contributed by atoms with Gasteiger partial charge in [-0.15, -0.1) is 12.4 Å². The average Bonchev–Trinajstić information content (AvgIpc) is 3.34. The maximum atomic E-state index is 14.0. The highest BCUT2D eigenvalue weighted by Crippen LogP contribution is 2.37. The molecule has 1 aliphatic rings. The Labute approximate surface area is 212 Å². The summed E-state index contributed by atoms with van der Waals surface area (Å²) in [7, 11) is 3.02. The van der Waals surface area contributed by atoms with Crippen LogP contribution in [-0.4, -0.2) is 37.1 Å². The standard InChI is InChI=1S/C25H27F3N4O3.ClH/c1-34-17-11-15(12-18(14-17)35-2)23-19-5-3-6-20(19)24(33)32(31-23)22-13-16(30-10-4-9-29)7-8-21(22)25(26,27)28;/h7-8,11-14,30H,3-6,9-10,29H2,1-2H3;1H. The van der Waals surface area contributed by atoms with Crippen molar-refractivity contribution < 1.29 is 22.6 Å². The minimum absolute atomic E-state index is 0. The van der Waals surface area contributed by atoms with E-state index in [2.05, 4.69) is 10.4 Å². The van der Waals surface area contributed by atoms with Crippen LogP contribution >= 0.6 is 12.4 Å². The lowest BCUT2D eigenvalue weighted by atomic mass is 10.0. The van der Waals surface area contributed by atoms with E-state index in [4.69, 9.17) is 15.2 Å². The molecule has 0 aliphatic heterocycles. The molecule has 0 saturated carbocycles. The second kappa shape index (κ2) is 11.2. The Kier molecular flexibility index (Phi) is 8.52. The van der Waals surface area contributed by atoms with Gasteiger partial charge < -0.3 is 20.5 Å². The number of anilines is 1. The molecule has 194 valence electrons. The Balaban J connectivity index is 0.00000361. The van der Waals surface area contributed by atoms with E-state index >= 15 is 0 Å². The van der Waals surface area contributed by atoms with Crippen LogP contribution in [0.2, 0.25) is 0 Å². The van der Waals surface area contributed by atoms with Crippen molar-refractivity contribution in [1.82, 2.24) is 9.78 Å². The van der Waals surface area contributed by atoms with Gasteiger partial charge in [-0.1, -0.05) is 0 Å². The molecule has 2 aromatic carbocycles. The van der Waals surface area contributed by atoms with E-state index in [0.29, 0.717) is 66.4 Å². The lowest BCUT2D eigenvalue weighted by molar-refractivity contribution is -0.137. The number of halogens is 4. The number of aromatic nitrogens is 2. The van der Waals surface area contributed by atoms with Crippen molar-refractivity contribution in [3.63, 3.8) is 0 Å². The zero-order chi connectivity index (χ0) is 25.2. The third-order valence-corrected chi connectivity index (χ3v) is 6.02. The molecule has 0 spiro atoms. The summed E-state index contributed by atoms with van der Waals surface area (Å²) in [5.41, 5.74) is 6.40. The molecule has 4 rings (SSSR count). The van der Waals surface area contributed by atoms with Crippen molar-refractivity contribution in [1.29, 1.82) is 0 Å². The van der Waals surface area contributed by atoms with E-state index in [0.717, 1.165) is 22.7 Å². The van der Waals surface area contributed by atoms with Crippen LogP contribution in [0.15, 0.2) is 41.2 Å². The Morgan fingerprint density at radius 2 is 1.72 bits per heavy atom. The first kappa shape index (κ1) is 27.3. The number of benzene rings is 2. The van der Waals surface area contributed by atoms with Crippen molar-refractivity contribution in [2.75, 3.05) is 32.6 Å². The van der Waals surface area contributed by atoms with Crippen LogP contribution in [0.4, 0.5) is 18.9 Å². The van der Waals surface area contributed by atoms with Gasteiger partial charge in [0.2, 0.25) is 0 Å². The minimum Gasteiger partial charge on any atom is -0.497 e. The fraction of sp³-hybridized carbons (Fsp3) is 0.360. The van der Waals surface area contributed by atoms with Gasteiger partial charge >= 0.3 is 6.18 Å². The fourth-order valence-electron chi connectivity index (χ4n) is 4.31. The first-order valence-corrected chi connectivity index (χ1v) is 11.3. The number of nitrogens with one attached hydrogen (secondary N) is 1. The molecule has 3 aromatic rings. The molecule has 7 nitrogen and oxygen atoms in total. The zero-order valence-electron chi connectivity index (χ0n) is 19.9. The van der Waals surface area contributed by atoms with Crippen LogP contribution in [0.5, 0.6) is 11.5 Å². The molecule has 0 atom stereocenters. The summed E-state index contributed by atoms with van der Waals surface area (Å²) >= 11 is 0. The Hall–Kier alpha value is -3.24. The van der Waals surface area contributed by atoms with E-state index < -0.39 is 17.3 Å². The summed E-state index contributed by atoms with van der Waals surface area (Å²) in [6.07, 6.45) is -2.22. The highest BCUT2D eigenvalue weighted by Gasteiger charge is 2.35. The quantitative estimate of drug-likeness (QED) is 0.418. The summed E-state index contributed by atoms with van der Waals surface area (Å²) in [6, 6.07) is 8.77. The smallest absolute Gasteiger partial charge is 0.418 e. The molecule has 1 aliphatic carbocycles. The second-order valence-corrected chi connectivity index (χ2v) is 8.28. The SMILES string of the molecule is COc1cc(OC)cc(-c2nn(-c3cc(NCCCN)ccc3C(F)(F)F)c(=O)c3c2CCC3)c1.Cl. The van der Waals surface area contributed by atoms with Crippen molar-refractivity contribution in [2.45, 2.75) is 31.9 Å². The number of methoxy groups -OCH3 is 2. The number of alkyl halides is 3. The van der Waals surface area contributed by atoms with Crippen LogP contribution in [-0.2, 0) is 19.0 Å². The molecule has 0 saturated heterocycles. The lowest BCUT2D eigenvalue weighted by Gasteiger charge is -2.18. The van der Waals surface area contributed by atoms with Crippen LogP contribution in [0, 0.1) is 0 Å². The summed E-state index contributed by atoms with van der Waals surface area (Å²) in [5, 5.41) is 7.55. The Bertz CT molecular complexity index is 1270. The molecular weight excluding hydrogens is 497 g/mol. The first-order valence-electron chi connectivity index (χ1n) is 11.3. The van der Waals surface area contributed by atoms with E-state index in [1.165, 1.54) is 26.4 Å². The molecule has 0 unspecified atom stereocenters. The summed E-state index contributed by atoms with van der Waals surface area (Å²) in [4.78, 5) is 13.4. The predicted octanol–water partition coefficient (Wildman–Crippen LogP) is 4.61. The molecule has 0 bridgehead atoms. The van der Waals surface area contributed by atoms with Crippen LogP contribution < -0.4 is 26.1 Å². The number of hydrogen-bond donors (Lipinski definition) is 2. The molecular formula is C25H28ClF3N4O3. The van der Waals surface area contributed by atoms with Gasteiger partial charge in [0, 0.05) is 29.4 Å². The maximum absolute atomic E-state index is 14.0. The molecule has 1 heterocycles. The monoisotopic (exact) mass is 524 g/mol. The second-order valence-electron chi connectivity index (χ2n) is 8.28. The molecule has 0 fully saturated rings. The number of fused-ring (bicyclic) bond motifs is 1. The zero-order valence-corrected chi connectivity index (χ0v) is 20.8. The number of ether oxygens (including phenoxy) is 2. The highest BCUT2D eigenvalue weighted by atomic mass is 35.5. The molecule has 11 heteroatoms. The lowest BCUT2D eigenvalue weighted by Crippen LogP contribution is -2.28. The highest BCUT2D eigenvalue weighted by molar-refractivity contribution is 5.85. The number of hydrogen-bond acceptors (Lipinski definition) is 6.